The number of fused-ring (bicyclic) bond motifs is 1. The van der Waals surface area contributed by atoms with Crippen molar-refractivity contribution >= 4 is 28.4 Å². The Balaban J connectivity index is 1.76. The summed E-state index contributed by atoms with van der Waals surface area (Å²) in [5.41, 5.74) is 4.37. The fourth-order valence-electron chi connectivity index (χ4n) is 3.65. The highest BCUT2D eigenvalue weighted by Crippen LogP contribution is 2.36. The molecule has 2 aromatic carbocycles. The van der Waals surface area contributed by atoms with Gasteiger partial charge in [-0.05, 0) is 30.7 Å². The van der Waals surface area contributed by atoms with Gasteiger partial charge in [0.1, 0.15) is 5.69 Å². The fourth-order valence-corrected chi connectivity index (χ4v) is 3.65. The number of pyridine rings is 1. The summed E-state index contributed by atoms with van der Waals surface area (Å²) in [6.07, 6.45) is -4.87. The van der Waals surface area contributed by atoms with Crippen LogP contribution in [0.4, 0.5) is 18.9 Å². The maximum atomic E-state index is 13.8. The molecule has 2 amide bonds. The molecule has 0 aliphatic heterocycles. The molecule has 0 bridgehead atoms. The third-order valence-electron chi connectivity index (χ3n) is 5.39. The van der Waals surface area contributed by atoms with Crippen LogP contribution in [0.2, 0.25) is 0 Å². The number of hydrogen-bond donors (Lipinski definition) is 2. The number of hydrogen-bond acceptors (Lipinski definition) is 5. The lowest BCUT2D eigenvalue weighted by Crippen LogP contribution is -2.19. The van der Waals surface area contributed by atoms with E-state index in [1.807, 2.05) is 6.07 Å². The number of nitrogens with two attached hydrogens (primary N) is 1. The number of nitriles is 1. The Morgan fingerprint density at radius 3 is 2.51 bits per heavy atom. The van der Waals surface area contributed by atoms with Crippen LogP contribution in [-0.2, 0) is 12.7 Å². The molecule has 11 heteroatoms. The van der Waals surface area contributed by atoms with E-state index in [2.05, 4.69) is 15.4 Å². The van der Waals surface area contributed by atoms with Crippen LogP contribution in [0, 0.1) is 18.3 Å². The number of benzene rings is 2. The molecule has 176 valence electrons. The SMILES string of the molecule is Cc1c(NC(=O)c2cc(C(N)=O)c3ccccc3n2)c(C(F)(F)F)nn1Cc1ccccc1C#N. The minimum Gasteiger partial charge on any atom is -0.366 e. The van der Waals surface area contributed by atoms with Crippen molar-refractivity contribution in [1.82, 2.24) is 14.8 Å². The van der Waals surface area contributed by atoms with Gasteiger partial charge in [0, 0.05) is 5.39 Å². The van der Waals surface area contributed by atoms with Crippen molar-refractivity contribution in [2.75, 3.05) is 5.32 Å². The van der Waals surface area contributed by atoms with Crippen molar-refractivity contribution in [2.45, 2.75) is 19.6 Å². The van der Waals surface area contributed by atoms with Crippen LogP contribution in [0.5, 0.6) is 0 Å². The molecule has 8 nitrogen and oxygen atoms in total. The molecule has 0 saturated carbocycles. The van der Waals surface area contributed by atoms with E-state index in [0.29, 0.717) is 16.5 Å². The van der Waals surface area contributed by atoms with Gasteiger partial charge in [-0.25, -0.2) is 4.98 Å². The number of halogens is 3. The van der Waals surface area contributed by atoms with E-state index in [1.165, 1.54) is 6.92 Å². The van der Waals surface area contributed by atoms with Gasteiger partial charge in [-0.1, -0.05) is 36.4 Å². The monoisotopic (exact) mass is 478 g/mol. The number of carbonyl (C=O) groups is 2. The Hall–Kier alpha value is -4.72. The first-order valence-electron chi connectivity index (χ1n) is 10.2. The summed E-state index contributed by atoms with van der Waals surface area (Å²) in [6, 6.07) is 16.0. The van der Waals surface area contributed by atoms with E-state index in [1.54, 1.807) is 48.5 Å². The molecule has 0 aliphatic carbocycles. The zero-order valence-corrected chi connectivity index (χ0v) is 18.2. The first-order valence-corrected chi connectivity index (χ1v) is 10.2. The average Bonchev–Trinajstić information content (AvgIpc) is 3.14. The second-order valence-electron chi connectivity index (χ2n) is 7.62. The molecule has 4 aromatic rings. The predicted molar refractivity (Wildman–Crippen MR) is 120 cm³/mol. The standard InChI is InChI=1S/C24H17F3N6O2/c1-13-20(21(24(25,26)27)32-33(13)12-15-7-3-2-6-14(15)11-28)31-23(35)19-10-17(22(29)34)16-8-4-5-9-18(16)30-19/h2-10H,12H2,1H3,(H2,29,34)(H,31,35). The van der Waals surface area contributed by atoms with Crippen LogP contribution in [0.15, 0.2) is 54.6 Å². The highest BCUT2D eigenvalue weighted by molar-refractivity contribution is 6.10. The first kappa shape index (κ1) is 23.4. The van der Waals surface area contributed by atoms with Crippen LogP contribution >= 0.6 is 0 Å². The molecule has 2 aromatic heterocycles. The van der Waals surface area contributed by atoms with Gasteiger partial charge in [-0.2, -0.15) is 23.5 Å². The quantitative estimate of drug-likeness (QED) is 0.448. The molecule has 0 saturated heterocycles. The summed E-state index contributed by atoms with van der Waals surface area (Å²) in [7, 11) is 0. The van der Waals surface area contributed by atoms with Crippen molar-refractivity contribution < 1.29 is 22.8 Å². The summed E-state index contributed by atoms with van der Waals surface area (Å²) in [6.45, 7) is 1.25. The third kappa shape index (κ3) is 4.54. The van der Waals surface area contributed by atoms with Crippen LogP contribution in [-0.4, -0.2) is 26.6 Å². The first-order chi connectivity index (χ1) is 16.6. The number of anilines is 1. The van der Waals surface area contributed by atoms with Crippen molar-refractivity contribution in [3.05, 3.63) is 88.4 Å². The second kappa shape index (κ2) is 8.90. The van der Waals surface area contributed by atoms with Crippen molar-refractivity contribution in [2.24, 2.45) is 5.73 Å². The van der Waals surface area contributed by atoms with Crippen LogP contribution in [0.1, 0.15) is 43.4 Å². The largest absolute Gasteiger partial charge is 0.437 e. The van der Waals surface area contributed by atoms with Crippen molar-refractivity contribution in [1.29, 1.82) is 5.26 Å². The molecule has 0 aliphatic rings. The predicted octanol–water partition coefficient (Wildman–Crippen LogP) is 4.03. The fraction of sp³-hybridized carbons (Fsp3) is 0.125. The summed E-state index contributed by atoms with van der Waals surface area (Å²) in [5, 5.41) is 15.6. The van der Waals surface area contributed by atoms with Gasteiger partial charge in [0.05, 0.1) is 40.6 Å². The Morgan fingerprint density at radius 1 is 1.14 bits per heavy atom. The Kier molecular flexibility index (Phi) is 5.96. The maximum absolute atomic E-state index is 13.8. The number of primary amides is 1. The maximum Gasteiger partial charge on any atom is 0.437 e. The summed E-state index contributed by atoms with van der Waals surface area (Å²) < 4.78 is 42.5. The Morgan fingerprint density at radius 2 is 1.83 bits per heavy atom. The molecule has 0 fully saturated rings. The number of carbonyl (C=O) groups excluding carboxylic acids is 2. The lowest BCUT2D eigenvalue weighted by atomic mass is 10.1. The second-order valence-corrected chi connectivity index (χ2v) is 7.62. The van der Waals surface area contributed by atoms with E-state index in [0.717, 1.165) is 10.7 Å². The molecule has 3 N–H and O–H groups in total. The highest BCUT2D eigenvalue weighted by Gasteiger charge is 2.39. The van der Waals surface area contributed by atoms with Crippen molar-refractivity contribution in [3.8, 4) is 6.07 Å². The van der Waals surface area contributed by atoms with Crippen LogP contribution < -0.4 is 11.1 Å². The number of rotatable bonds is 5. The van der Waals surface area contributed by atoms with Crippen molar-refractivity contribution in [3.63, 3.8) is 0 Å². The van der Waals surface area contributed by atoms with Gasteiger partial charge < -0.3 is 11.1 Å². The zero-order chi connectivity index (χ0) is 25.3. The van der Waals surface area contributed by atoms with Gasteiger partial charge in [0.15, 0.2) is 5.69 Å². The average molecular weight is 478 g/mol. The Bertz CT molecular complexity index is 1520. The van der Waals surface area contributed by atoms with Gasteiger partial charge in [-0.3, -0.25) is 14.3 Å². The lowest BCUT2D eigenvalue weighted by molar-refractivity contribution is -0.140. The smallest absolute Gasteiger partial charge is 0.366 e. The highest BCUT2D eigenvalue weighted by atomic mass is 19.4. The molecule has 2 heterocycles. The Labute approximate surface area is 196 Å². The summed E-state index contributed by atoms with van der Waals surface area (Å²) in [5.74, 6) is -1.78. The number of para-hydroxylation sites is 1. The molecule has 0 radical (unpaired) electrons. The normalized spacial score (nSPS) is 11.3. The van der Waals surface area contributed by atoms with Gasteiger partial charge in [0.25, 0.3) is 5.91 Å². The van der Waals surface area contributed by atoms with E-state index in [4.69, 9.17) is 5.73 Å². The molecule has 35 heavy (non-hydrogen) atoms. The van der Waals surface area contributed by atoms with Gasteiger partial charge >= 0.3 is 6.18 Å². The number of amides is 2. The number of nitrogens with zero attached hydrogens (tertiary/aromatic N) is 4. The van der Waals surface area contributed by atoms with E-state index in [9.17, 15) is 28.0 Å². The van der Waals surface area contributed by atoms with E-state index >= 15 is 0 Å². The van der Waals surface area contributed by atoms with E-state index in [-0.39, 0.29) is 29.0 Å². The number of nitrogens with one attached hydrogen (secondary N) is 1. The molecule has 0 unspecified atom stereocenters. The van der Waals surface area contributed by atoms with Crippen LogP contribution in [0.3, 0.4) is 0 Å². The topological polar surface area (TPSA) is 127 Å². The number of aromatic nitrogens is 3. The molecular weight excluding hydrogens is 461 g/mol. The number of alkyl halides is 3. The van der Waals surface area contributed by atoms with Gasteiger partial charge in [-0.15, -0.1) is 0 Å². The minimum atomic E-state index is -4.87. The zero-order valence-electron chi connectivity index (χ0n) is 18.2. The molecule has 4 rings (SSSR count). The van der Waals surface area contributed by atoms with E-state index < -0.39 is 29.4 Å². The molecular formula is C24H17F3N6O2. The summed E-state index contributed by atoms with van der Waals surface area (Å²) >= 11 is 0. The van der Waals surface area contributed by atoms with Gasteiger partial charge in [0.2, 0.25) is 5.91 Å². The molecule has 0 spiro atoms. The lowest BCUT2D eigenvalue weighted by Gasteiger charge is -2.11. The third-order valence-corrected chi connectivity index (χ3v) is 5.39. The minimum absolute atomic E-state index is 0.0114. The van der Waals surface area contributed by atoms with Crippen LogP contribution in [0.25, 0.3) is 10.9 Å². The molecule has 0 atom stereocenters. The summed E-state index contributed by atoms with van der Waals surface area (Å²) in [4.78, 5) is 29.0.